The predicted octanol–water partition coefficient (Wildman–Crippen LogP) is 13.3. The molecular formula is C46H90NO9P. The summed E-state index contributed by atoms with van der Waals surface area (Å²) in [4.78, 5) is 33.6. The van der Waals surface area contributed by atoms with Crippen molar-refractivity contribution >= 4 is 19.8 Å². The standard InChI is InChI=1S/C46H90NO9P/c1-3-5-7-9-11-13-15-17-19-21-23-25-27-29-31-33-35-37-39-53-40-43(41-54-57(51,52)55-42-44(47)46(49)50)56-45(48)38-36-34-32-30-28-26-24-22-20-18-16-14-12-10-8-6-4-2/h18,20,43-44H,3-17,19,21-42,47H2,1-2H3,(H,49,50)(H,51,52)/b20-18-. The molecule has 0 rings (SSSR count). The summed E-state index contributed by atoms with van der Waals surface area (Å²) >= 11 is 0. The van der Waals surface area contributed by atoms with Crippen LogP contribution in [0.5, 0.6) is 0 Å². The van der Waals surface area contributed by atoms with Crippen molar-refractivity contribution in [2.75, 3.05) is 26.4 Å². The molecular weight excluding hydrogens is 741 g/mol. The SMILES string of the molecule is CCCCCCCC/C=C\CCCCCCCCCC(=O)OC(COCCCCCCCCCCCCCCCCCCCC)COP(=O)(O)OCC(N)C(=O)O. The zero-order chi connectivity index (χ0) is 41.9. The van der Waals surface area contributed by atoms with Gasteiger partial charge in [-0.25, -0.2) is 4.57 Å². The van der Waals surface area contributed by atoms with Gasteiger partial charge in [0.1, 0.15) is 12.1 Å². The van der Waals surface area contributed by atoms with Gasteiger partial charge < -0.3 is 25.2 Å². The zero-order valence-electron chi connectivity index (χ0n) is 37.0. The van der Waals surface area contributed by atoms with E-state index in [0.29, 0.717) is 13.0 Å². The number of hydrogen-bond acceptors (Lipinski definition) is 8. The number of phosphoric acid groups is 1. The van der Waals surface area contributed by atoms with Crippen LogP contribution >= 0.6 is 7.82 Å². The van der Waals surface area contributed by atoms with Crippen LogP contribution in [-0.4, -0.2) is 60.5 Å². The maximum Gasteiger partial charge on any atom is 0.472 e. The second kappa shape index (κ2) is 42.8. The smallest absolute Gasteiger partial charge is 0.472 e. The fourth-order valence-corrected chi connectivity index (χ4v) is 7.61. The van der Waals surface area contributed by atoms with E-state index in [1.165, 1.54) is 161 Å². The maximum absolute atomic E-state index is 12.7. The van der Waals surface area contributed by atoms with E-state index in [1.807, 2.05) is 0 Å². The van der Waals surface area contributed by atoms with Gasteiger partial charge in [-0.1, -0.05) is 199 Å². The molecule has 0 radical (unpaired) electrons. The molecule has 0 aliphatic carbocycles. The van der Waals surface area contributed by atoms with Crippen molar-refractivity contribution in [3.05, 3.63) is 12.2 Å². The number of phosphoric ester groups is 1. The van der Waals surface area contributed by atoms with Gasteiger partial charge in [-0.2, -0.15) is 0 Å². The number of ether oxygens (including phenoxy) is 2. The quantitative estimate of drug-likeness (QED) is 0.0234. The lowest BCUT2D eigenvalue weighted by atomic mass is 10.0. The average Bonchev–Trinajstić information content (AvgIpc) is 3.19. The molecule has 3 unspecified atom stereocenters. The van der Waals surface area contributed by atoms with E-state index in [2.05, 4.69) is 26.0 Å². The minimum Gasteiger partial charge on any atom is -0.480 e. The lowest BCUT2D eigenvalue weighted by molar-refractivity contribution is -0.154. The van der Waals surface area contributed by atoms with Crippen LogP contribution in [0.25, 0.3) is 0 Å². The fraction of sp³-hybridized carbons (Fsp3) is 0.913. The molecule has 57 heavy (non-hydrogen) atoms. The number of carboxylic acid groups (broad SMARTS) is 1. The van der Waals surface area contributed by atoms with Crippen LogP contribution in [0.15, 0.2) is 12.2 Å². The third-order valence-corrected chi connectivity index (χ3v) is 11.5. The van der Waals surface area contributed by atoms with Crippen molar-refractivity contribution in [3.63, 3.8) is 0 Å². The second-order valence-electron chi connectivity index (χ2n) is 16.2. The average molecular weight is 832 g/mol. The number of carbonyl (C=O) groups is 2. The number of carboxylic acids is 1. The van der Waals surface area contributed by atoms with Gasteiger partial charge in [0.15, 0.2) is 0 Å². The van der Waals surface area contributed by atoms with Gasteiger partial charge in [0, 0.05) is 13.0 Å². The van der Waals surface area contributed by atoms with Crippen LogP contribution in [-0.2, 0) is 32.7 Å². The predicted molar refractivity (Wildman–Crippen MR) is 236 cm³/mol. The van der Waals surface area contributed by atoms with Crippen LogP contribution in [0, 0.1) is 0 Å². The van der Waals surface area contributed by atoms with E-state index in [-0.39, 0.29) is 13.0 Å². The molecule has 0 aliphatic rings. The lowest BCUT2D eigenvalue weighted by Gasteiger charge is -2.20. The van der Waals surface area contributed by atoms with Gasteiger partial charge in [0.25, 0.3) is 0 Å². The first-order valence-electron chi connectivity index (χ1n) is 23.7. The number of allylic oxidation sites excluding steroid dienone is 2. The first-order chi connectivity index (χ1) is 27.7. The summed E-state index contributed by atoms with van der Waals surface area (Å²) < 4.78 is 33.4. The highest BCUT2D eigenvalue weighted by Gasteiger charge is 2.27. The highest BCUT2D eigenvalue weighted by molar-refractivity contribution is 7.47. The van der Waals surface area contributed by atoms with Crippen LogP contribution < -0.4 is 5.73 Å². The number of aliphatic carboxylic acids is 1. The summed E-state index contributed by atoms with van der Waals surface area (Å²) in [5.74, 6) is -1.77. The van der Waals surface area contributed by atoms with E-state index in [4.69, 9.17) is 29.4 Å². The highest BCUT2D eigenvalue weighted by Crippen LogP contribution is 2.43. The molecule has 0 aromatic rings. The molecule has 0 aromatic carbocycles. The molecule has 0 bridgehead atoms. The van der Waals surface area contributed by atoms with E-state index < -0.39 is 45.1 Å². The number of rotatable bonds is 46. The molecule has 0 saturated heterocycles. The summed E-state index contributed by atoms with van der Waals surface area (Å²) in [5, 5.41) is 8.91. The topological polar surface area (TPSA) is 155 Å². The Hall–Kier alpha value is -1.29. The molecule has 10 nitrogen and oxygen atoms in total. The van der Waals surface area contributed by atoms with Gasteiger partial charge in [0.05, 0.1) is 19.8 Å². The largest absolute Gasteiger partial charge is 0.480 e. The summed E-state index contributed by atoms with van der Waals surface area (Å²) in [7, 11) is -4.61. The molecule has 0 heterocycles. The van der Waals surface area contributed by atoms with Gasteiger partial charge in [-0.3, -0.25) is 18.6 Å². The Bertz CT molecular complexity index is 966. The molecule has 0 spiro atoms. The van der Waals surface area contributed by atoms with Crippen molar-refractivity contribution in [3.8, 4) is 0 Å². The van der Waals surface area contributed by atoms with E-state index in [9.17, 15) is 19.0 Å². The molecule has 338 valence electrons. The third-order valence-electron chi connectivity index (χ3n) is 10.5. The Morgan fingerprint density at radius 1 is 0.544 bits per heavy atom. The van der Waals surface area contributed by atoms with Crippen LogP contribution in [0.1, 0.15) is 232 Å². The molecule has 0 fully saturated rings. The lowest BCUT2D eigenvalue weighted by Crippen LogP contribution is -2.34. The maximum atomic E-state index is 12.7. The molecule has 0 aliphatic heterocycles. The van der Waals surface area contributed by atoms with E-state index in [0.717, 1.165) is 44.9 Å². The van der Waals surface area contributed by atoms with Gasteiger partial charge in [0.2, 0.25) is 0 Å². The number of nitrogens with two attached hydrogens (primary N) is 1. The van der Waals surface area contributed by atoms with Crippen molar-refractivity contribution in [2.24, 2.45) is 5.73 Å². The molecule has 4 N–H and O–H groups in total. The summed E-state index contributed by atoms with van der Waals surface area (Å²) in [5.41, 5.74) is 5.36. The number of esters is 1. The minimum atomic E-state index is -4.61. The Morgan fingerprint density at radius 2 is 0.912 bits per heavy atom. The first kappa shape index (κ1) is 55.7. The first-order valence-corrected chi connectivity index (χ1v) is 25.2. The van der Waals surface area contributed by atoms with Crippen molar-refractivity contribution < 1.29 is 42.7 Å². The summed E-state index contributed by atoms with van der Waals surface area (Å²) in [6, 6.07) is -1.47. The molecule has 0 amide bonds. The normalized spacial score (nSPS) is 13.9. The molecule has 3 atom stereocenters. The minimum absolute atomic E-state index is 0.0214. The highest BCUT2D eigenvalue weighted by atomic mass is 31.2. The molecule has 11 heteroatoms. The zero-order valence-corrected chi connectivity index (χ0v) is 37.9. The Labute approximate surface area is 350 Å². The fourth-order valence-electron chi connectivity index (χ4n) is 6.84. The Kier molecular flexibility index (Phi) is 41.9. The van der Waals surface area contributed by atoms with E-state index >= 15 is 0 Å². The molecule has 0 saturated carbocycles. The third kappa shape index (κ3) is 42.6. The van der Waals surface area contributed by atoms with Crippen molar-refractivity contribution in [2.45, 2.75) is 244 Å². The van der Waals surface area contributed by atoms with Crippen LogP contribution in [0.3, 0.4) is 0 Å². The van der Waals surface area contributed by atoms with Crippen molar-refractivity contribution in [1.82, 2.24) is 0 Å². The summed E-state index contributed by atoms with van der Waals surface area (Å²) in [6.07, 6.45) is 45.4. The van der Waals surface area contributed by atoms with Crippen LogP contribution in [0.4, 0.5) is 0 Å². The van der Waals surface area contributed by atoms with Crippen LogP contribution in [0.2, 0.25) is 0 Å². The van der Waals surface area contributed by atoms with Crippen molar-refractivity contribution in [1.29, 1.82) is 0 Å². The van der Waals surface area contributed by atoms with Gasteiger partial charge >= 0.3 is 19.8 Å². The number of unbranched alkanes of at least 4 members (excludes halogenated alkanes) is 30. The van der Waals surface area contributed by atoms with E-state index in [1.54, 1.807) is 0 Å². The summed E-state index contributed by atoms with van der Waals surface area (Å²) in [6.45, 7) is 3.92. The number of hydrogen-bond donors (Lipinski definition) is 3. The second-order valence-corrected chi connectivity index (χ2v) is 17.7. The Morgan fingerprint density at radius 3 is 1.33 bits per heavy atom. The monoisotopic (exact) mass is 832 g/mol. The number of carbonyl (C=O) groups excluding carboxylic acids is 1. The Balaban J connectivity index is 4.16. The molecule has 0 aromatic heterocycles. The van der Waals surface area contributed by atoms with Gasteiger partial charge in [-0.15, -0.1) is 0 Å². The van der Waals surface area contributed by atoms with Gasteiger partial charge in [-0.05, 0) is 38.5 Å².